The van der Waals surface area contributed by atoms with Crippen molar-refractivity contribution in [1.82, 2.24) is 4.90 Å². The zero-order valence-corrected chi connectivity index (χ0v) is 12.0. The second-order valence-electron chi connectivity index (χ2n) is 6.00. The van der Waals surface area contributed by atoms with Gasteiger partial charge in [-0.3, -0.25) is 4.79 Å². The van der Waals surface area contributed by atoms with Crippen LogP contribution in [0, 0.1) is 12.3 Å². The van der Waals surface area contributed by atoms with E-state index in [4.69, 9.17) is 0 Å². The molecule has 0 bridgehead atoms. The molecule has 0 N–H and O–H groups in total. The number of hydrogen-bond donors (Lipinski definition) is 0. The summed E-state index contributed by atoms with van der Waals surface area (Å²) >= 11 is 0. The molecule has 0 spiro atoms. The minimum absolute atomic E-state index is 0.162. The summed E-state index contributed by atoms with van der Waals surface area (Å²) in [4.78, 5) is 14.5. The highest BCUT2D eigenvalue weighted by molar-refractivity contribution is 5.94. The first-order chi connectivity index (χ1) is 9.04. The summed E-state index contributed by atoms with van der Waals surface area (Å²) < 4.78 is 0. The van der Waals surface area contributed by atoms with Gasteiger partial charge in [-0.05, 0) is 43.7 Å². The summed E-state index contributed by atoms with van der Waals surface area (Å²) in [5.41, 5.74) is 2.18. The van der Waals surface area contributed by atoms with Crippen molar-refractivity contribution in [2.45, 2.75) is 33.1 Å². The van der Waals surface area contributed by atoms with Gasteiger partial charge in [-0.25, -0.2) is 0 Å². The number of amides is 1. The van der Waals surface area contributed by atoms with Crippen LogP contribution in [0.25, 0.3) is 0 Å². The average molecular weight is 257 g/mol. The Labute approximate surface area is 116 Å². The molecule has 1 fully saturated rings. The number of rotatable bonds is 3. The molecule has 1 aliphatic heterocycles. The summed E-state index contributed by atoms with van der Waals surface area (Å²) in [5.74, 6) is 0.162. The topological polar surface area (TPSA) is 20.3 Å². The molecule has 19 heavy (non-hydrogen) atoms. The quantitative estimate of drug-likeness (QED) is 0.754. The molecule has 2 nitrogen and oxygen atoms in total. The van der Waals surface area contributed by atoms with Crippen LogP contribution in [-0.2, 0) is 0 Å². The zero-order valence-electron chi connectivity index (χ0n) is 12.0. The molecule has 2 rings (SSSR count). The van der Waals surface area contributed by atoms with Crippen LogP contribution in [0.15, 0.2) is 36.9 Å². The van der Waals surface area contributed by atoms with E-state index in [9.17, 15) is 4.79 Å². The average Bonchev–Trinajstić information content (AvgIpc) is 2.39. The number of likely N-dealkylation sites (tertiary alicyclic amines) is 1. The van der Waals surface area contributed by atoms with E-state index in [1.54, 1.807) is 0 Å². The molecule has 0 unspecified atom stereocenters. The van der Waals surface area contributed by atoms with Crippen molar-refractivity contribution in [2.75, 3.05) is 13.1 Å². The molecule has 1 amide bonds. The van der Waals surface area contributed by atoms with Crippen LogP contribution < -0.4 is 0 Å². The van der Waals surface area contributed by atoms with Crippen molar-refractivity contribution in [3.05, 3.63) is 48.0 Å². The van der Waals surface area contributed by atoms with Crippen molar-refractivity contribution < 1.29 is 4.79 Å². The standard InChI is InChI=1S/C17H23NO/c1-4-10-17(3)11-5-12-18(13-17)16(19)15-8-6-14(2)7-9-15/h4,6-9H,1,5,10-13H2,2-3H3/t17-/m1/s1. The SMILES string of the molecule is C=CC[C@]1(C)CCCN(C(=O)c2ccc(C)cc2)C1. The summed E-state index contributed by atoms with van der Waals surface area (Å²) in [5, 5.41) is 0. The van der Waals surface area contributed by atoms with E-state index >= 15 is 0 Å². The Morgan fingerprint density at radius 2 is 2.11 bits per heavy atom. The van der Waals surface area contributed by atoms with E-state index < -0.39 is 0 Å². The van der Waals surface area contributed by atoms with E-state index in [0.29, 0.717) is 0 Å². The number of hydrogen-bond acceptors (Lipinski definition) is 1. The lowest BCUT2D eigenvalue weighted by Crippen LogP contribution is -2.44. The molecule has 0 radical (unpaired) electrons. The van der Waals surface area contributed by atoms with E-state index in [2.05, 4.69) is 13.5 Å². The van der Waals surface area contributed by atoms with E-state index in [1.807, 2.05) is 42.2 Å². The van der Waals surface area contributed by atoms with E-state index in [0.717, 1.165) is 31.5 Å². The van der Waals surface area contributed by atoms with Crippen LogP contribution >= 0.6 is 0 Å². The maximum atomic E-state index is 12.5. The van der Waals surface area contributed by atoms with Crippen molar-refractivity contribution in [3.63, 3.8) is 0 Å². The van der Waals surface area contributed by atoms with Crippen LogP contribution in [0.3, 0.4) is 0 Å². The lowest BCUT2D eigenvalue weighted by atomic mass is 9.79. The Balaban J connectivity index is 2.11. The number of carbonyl (C=O) groups excluding carboxylic acids is 1. The van der Waals surface area contributed by atoms with Gasteiger partial charge in [0.25, 0.3) is 5.91 Å². The Kier molecular flexibility index (Phi) is 4.08. The first-order valence-corrected chi connectivity index (χ1v) is 7.01. The highest BCUT2D eigenvalue weighted by atomic mass is 16.2. The molecular formula is C17H23NO. The van der Waals surface area contributed by atoms with Crippen LogP contribution in [0.4, 0.5) is 0 Å². The van der Waals surface area contributed by atoms with Crippen molar-refractivity contribution in [1.29, 1.82) is 0 Å². The third-order valence-corrected chi connectivity index (χ3v) is 4.00. The van der Waals surface area contributed by atoms with Crippen molar-refractivity contribution >= 4 is 5.91 Å². The molecule has 102 valence electrons. The van der Waals surface area contributed by atoms with Crippen molar-refractivity contribution in [2.24, 2.45) is 5.41 Å². The fourth-order valence-corrected chi connectivity index (χ4v) is 2.88. The highest BCUT2D eigenvalue weighted by Crippen LogP contribution is 2.33. The molecular weight excluding hydrogens is 234 g/mol. The van der Waals surface area contributed by atoms with Crippen LogP contribution in [0.1, 0.15) is 42.1 Å². The van der Waals surface area contributed by atoms with E-state index in [-0.39, 0.29) is 11.3 Å². The molecule has 0 aromatic heterocycles. The maximum Gasteiger partial charge on any atom is 0.253 e. The summed E-state index contributed by atoms with van der Waals surface area (Å²) in [6, 6.07) is 7.86. The number of piperidine rings is 1. The molecule has 1 aliphatic rings. The number of nitrogens with zero attached hydrogens (tertiary/aromatic N) is 1. The Hall–Kier alpha value is -1.57. The third-order valence-electron chi connectivity index (χ3n) is 4.00. The monoisotopic (exact) mass is 257 g/mol. The normalized spacial score (nSPS) is 23.2. The molecule has 1 atom stereocenters. The van der Waals surface area contributed by atoms with Gasteiger partial charge >= 0.3 is 0 Å². The lowest BCUT2D eigenvalue weighted by molar-refractivity contribution is 0.0556. The number of allylic oxidation sites excluding steroid dienone is 1. The largest absolute Gasteiger partial charge is 0.338 e. The molecule has 1 heterocycles. The molecule has 1 aromatic rings. The van der Waals surface area contributed by atoms with Crippen LogP contribution in [-0.4, -0.2) is 23.9 Å². The Morgan fingerprint density at radius 1 is 1.42 bits per heavy atom. The van der Waals surface area contributed by atoms with Gasteiger partial charge in [-0.1, -0.05) is 30.7 Å². The summed E-state index contributed by atoms with van der Waals surface area (Å²) in [6.07, 6.45) is 5.21. The number of benzene rings is 1. The summed E-state index contributed by atoms with van der Waals surface area (Å²) in [6.45, 7) is 9.84. The zero-order chi connectivity index (χ0) is 13.9. The molecule has 1 aromatic carbocycles. The molecule has 0 saturated carbocycles. The fraction of sp³-hybridized carbons (Fsp3) is 0.471. The predicted octanol–water partition coefficient (Wildman–Crippen LogP) is 3.81. The molecule has 1 saturated heterocycles. The Bertz CT molecular complexity index is 463. The first-order valence-electron chi connectivity index (χ1n) is 7.01. The van der Waals surface area contributed by atoms with Gasteiger partial charge in [0, 0.05) is 18.7 Å². The van der Waals surface area contributed by atoms with Gasteiger partial charge in [0.2, 0.25) is 0 Å². The van der Waals surface area contributed by atoms with Gasteiger partial charge in [-0.15, -0.1) is 6.58 Å². The second-order valence-corrected chi connectivity index (χ2v) is 6.00. The minimum Gasteiger partial charge on any atom is -0.338 e. The molecule has 2 heteroatoms. The van der Waals surface area contributed by atoms with Crippen molar-refractivity contribution in [3.8, 4) is 0 Å². The maximum absolute atomic E-state index is 12.5. The van der Waals surface area contributed by atoms with Crippen LogP contribution in [0.2, 0.25) is 0 Å². The van der Waals surface area contributed by atoms with Gasteiger partial charge in [0.05, 0.1) is 0 Å². The fourth-order valence-electron chi connectivity index (χ4n) is 2.88. The Morgan fingerprint density at radius 3 is 2.74 bits per heavy atom. The highest BCUT2D eigenvalue weighted by Gasteiger charge is 2.32. The number of aryl methyl sites for hydroxylation is 1. The minimum atomic E-state index is 0.162. The molecule has 0 aliphatic carbocycles. The number of carbonyl (C=O) groups is 1. The predicted molar refractivity (Wildman–Crippen MR) is 79.2 cm³/mol. The van der Waals surface area contributed by atoms with Gasteiger partial charge in [0.15, 0.2) is 0 Å². The second kappa shape index (κ2) is 5.60. The lowest BCUT2D eigenvalue weighted by Gasteiger charge is -2.40. The van der Waals surface area contributed by atoms with Gasteiger partial charge in [-0.2, -0.15) is 0 Å². The van der Waals surface area contributed by atoms with Gasteiger partial charge < -0.3 is 4.90 Å². The first kappa shape index (κ1) is 13.9. The smallest absolute Gasteiger partial charge is 0.253 e. The third kappa shape index (κ3) is 3.25. The van der Waals surface area contributed by atoms with E-state index in [1.165, 1.54) is 12.0 Å². The summed E-state index contributed by atoms with van der Waals surface area (Å²) in [7, 11) is 0. The van der Waals surface area contributed by atoms with Gasteiger partial charge in [0.1, 0.15) is 0 Å². The van der Waals surface area contributed by atoms with Crippen LogP contribution in [0.5, 0.6) is 0 Å².